The molecule has 0 bridgehead atoms. The molecule has 0 radical (unpaired) electrons. The first kappa shape index (κ1) is 13.8. The molecule has 0 aliphatic carbocycles. The van der Waals surface area contributed by atoms with E-state index in [-0.39, 0.29) is 17.9 Å². The van der Waals surface area contributed by atoms with Gasteiger partial charge in [-0.1, -0.05) is 12.1 Å². The minimum atomic E-state index is -0.132. The fourth-order valence-corrected chi connectivity index (χ4v) is 1.85. The smallest absolute Gasteiger partial charge is 0.261 e. The van der Waals surface area contributed by atoms with Crippen LogP contribution in [0.25, 0.3) is 10.9 Å². The van der Waals surface area contributed by atoms with Gasteiger partial charge in [-0.15, -0.1) is 12.3 Å². The fourth-order valence-electron chi connectivity index (χ4n) is 1.85. The minimum Gasteiger partial charge on any atom is -0.355 e. The number of aromatic nitrogens is 2. The number of nitrogens with one attached hydrogen (secondary N) is 1. The Morgan fingerprint density at radius 1 is 1.40 bits per heavy atom. The molecule has 1 amide bonds. The third kappa shape index (κ3) is 3.23. The van der Waals surface area contributed by atoms with E-state index in [9.17, 15) is 9.59 Å². The Kier molecular flexibility index (Phi) is 4.51. The maximum absolute atomic E-state index is 12.2. The summed E-state index contributed by atoms with van der Waals surface area (Å²) < 4.78 is 1.45. The zero-order valence-electron chi connectivity index (χ0n) is 11.0. The van der Waals surface area contributed by atoms with Crippen molar-refractivity contribution in [3.8, 4) is 12.3 Å². The number of terminal acetylenes is 1. The second-order valence-corrected chi connectivity index (χ2v) is 4.31. The Morgan fingerprint density at radius 2 is 2.20 bits per heavy atom. The highest BCUT2D eigenvalue weighted by Gasteiger charge is 2.05. The zero-order chi connectivity index (χ0) is 14.4. The van der Waals surface area contributed by atoms with Crippen LogP contribution in [0.2, 0.25) is 0 Å². The van der Waals surface area contributed by atoms with Gasteiger partial charge in [-0.3, -0.25) is 14.2 Å². The quantitative estimate of drug-likeness (QED) is 0.648. The Balaban J connectivity index is 2.04. The largest absolute Gasteiger partial charge is 0.355 e. The summed E-state index contributed by atoms with van der Waals surface area (Å²) in [7, 11) is 0. The summed E-state index contributed by atoms with van der Waals surface area (Å²) in [5.41, 5.74) is 0.527. The van der Waals surface area contributed by atoms with Gasteiger partial charge in [-0.2, -0.15) is 0 Å². The topological polar surface area (TPSA) is 64.0 Å². The lowest BCUT2D eigenvalue weighted by Gasteiger charge is -2.06. The first-order valence-electron chi connectivity index (χ1n) is 6.36. The molecule has 0 saturated heterocycles. The molecule has 2 rings (SSSR count). The molecule has 5 heteroatoms. The molecule has 20 heavy (non-hydrogen) atoms. The fraction of sp³-hybridized carbons (Fsp3) is 0.267. The molecule has 1 aromatic carbocycles. The highest BCUT2D eigenvalue weighted by Crippen LogP contribution is 2.04. The van der Waals surface area contributed by atoms with Crippen molar-refractivity contribution in [3.05, 3.63) is 40.9 Å². The summed E-state index contributed by atoms with van der Waals surface area (Å²) in [6, 6.07) is 7.14. The normalized spacial score (nSPS) is 10.2. The average Bonchev–Trinajstić information content (AvgIpc) is 2.47. The number of hydrogen-bond acceptors (Lipinski definition) is 3. The molecule has 0 atom stereocenters. The number of para-hydroxylation sites is 1. The van der Waals surface area contributed by atoms with Crippen LogP contribution in [0.5, 0.6) is 0 Å². The molecule has 1 aromatic heterocycles. The first-order chi connectivity index (χ1) is 9.72. The van der Waals surface area contributed by atoms with Gasteiger partial charge < -0.3 is 5.32 Å². The summed E-state index contributed by atoms with van der Waals surface area (Å²) in [5.74, 6) is 2.32. The number of carbonyl (C=O) groups excluding carboxylic acids is 1. The number of fused-ring (bicyclic) bond motifs is 1. The molecule has 102 valence electrons. The summed E-state index contributed by atoms with van der Waals surface area (Å²) >= 11 is 0. The van der Waals surface area contributed by atoms with E-state index in [0.717, 1.165) is 0 Å². The number of aryl methyl sites for hydroxylation is 1. The highest BCUT2D eigenvalue weighted by molar-refractivity contribution is 5.77. The van der Waals surface area contributed by atoms with Crippen LogP contribution in [-0.2, 0) is 11.3 Å². The van der Waals surface area contributed by atoms with Gasteiger partial charge in [0.1, 0.15) is 0 Å². The van der Waals surface area contributed by atoms with Crippen molar-refractivity contribution in [1.82, 2.24) is 14.9 Å². The standard InChI is InChI=1S/C15H15N3O2/c1-2-3-9-16-14(19)8-10-18-11-17-13-7-5-4-6-12(13)15(18)20/h1,4-7,11H,3,8-10H2,(H,16,19). The molecule has 0 aliphatic rings. The number of carbonyl (C=O) groups is 1. The van der Waals surface area contributed by atoms with Crippen molar-refractivity contribution in [1.29, 1.82) is 0 Å². The van der Waals surface area contributed by atoms with Crippen LogP contribution >= 0.6 is 0 Å². The van der Waals surface area contributed by atoms with Crippen LogP contribution in [0.15, 0.2) is 35.4 Å². The second-order valence-electron chi connectivity index (χ2n) is 4.31. The molecular formula is C15H15N3O2. The van der Waals surface area contributed by atoms with E-state index in [0.29, 0.717) is 30.4 Å². The molecular weight excluding hydrogens is 254 g/mol. The molecule has 1 heterocycles. The van der Waals surface area contributed by atoms with Crippen molar-refractivity contribution in [2.24, 2.45) is 0 Å². The van der Waals surface area contributed by atoms with Crippen molar-refractivity contribution in [3.63, 3.8) is 0 Å². The highest BCUT2D eigenvalue weighted by atomic mass is 16.1. The summed E-state index contributed by atoms with van der Waals surface area (Å²) in [5, 5.41) is 3.25. The van der Waals surface area contributed by atoms with Gasteiger partial charge in [-0.25, -0.2) is 4.98 Å². The lowest BCUT2D eigenvalue weighted by Crippen LogP contribution is -2.28. The lowest BCUT2D eigenvalue weighted by atomic mass is 10.2. The maximum atomic E-state index is 12.2. The summed E-state index contributed by atoms with van der Waals surface area (Å²) in [4.78, 5) is 27.9. The SMILES string of the molecule is C#CCCNC(=O)CCn1cnc2ccccc2c1=O. The summed E-state index contributed by atoms with van der Waals surface area (Å²) in [6.45, 7) is 0.763. The van der Waals surface area contributed by atoms with Crippen LogP contribution in [0.3, 0.4) is 0 Å². The van der Waals surface area contributed by atoms with Gasteiger partial charge in [0, 0.05) is 25.9 Å². The molecule has 0 spiro atoms. The number of rotatable bonds is 5. The van der Waals surface area contributed by atoms with Gasteiger partial charge in [-0.05, 0) is 12.1 Å². The van der Waals surface area contributed by atoms with Gasteiger partial charge in [0.25, 0.3) is 5.56 Å². The molecule has 2 aromatic rings. The lowest BCUT2D eigenvalue weighted by molar-refractivity contribution is -0.121. The number of hydrogen-bond donors (Lipinski definition) is 1. The van der Waals surface area contributed by atoms with Crippen molar-refractivity contribution >= 4 is 16.8 Å². The predicted octanol–water partition coefficient (Wildman–Crippen LogP) is 0.926. The number of amides is 1. The van der Waals surface area contributed by atoms with Crippen LogP contribution in [0.4, 0.5) is 0 Å². The van der Waals surface area contributed by atoms with E-state index >= 15 is 0 Å². The van der Waals surface area contributed by atoms with Crippen molar-refractivity contribution in [2.75, 3.05) is 6.54 Å². The molecule has 0 saturated carbocycles. The van der Waals surface area contributed by atoms with Crippen LogP contribution < -0.4 is 10.9 Å². The molecule has 0 unspecified atom stereocenters. The molecule has 0 aliphatic heterocycles. The maximum Gasteiger partial charge on any atom is 0.261 e. The van der Waals surface area contributed by atoms with E-state index in [2.05, 4.69) is 16.2 Å². The Hall–Kier alpha value is -2.61. The monoisotopic (exact) mass is 269 g/mol. The zero-order valence-corrected chi connectivity index (χ0v) is 11.0. The molecule has 1 N–H and O–H groups in total. The van der Waals surface area contributed by atoms with Crippen molar-refractivity contribution in [2.45, 2.75) is 19.4 Å². The van der Waals surface area contributed by atoms with Gasteiger partial charge in [0.05, 0.1) is 17.2 Å². The predicted molar refractivity (Wildman–Crippen MR) is 77.1 cm³/mol. The van der Waals surface area contributed by atoms with Crippen molar-refractivity contribution < 1.29 is 4.79 Å². The number of benzene rings is 1. The number of nitrogens with zero attached hydrogens (tertiary/aromatic N) is 2. The van der Waals surface area contributed by atoms with E-state index < -0.39 is 0 Å². The van der Waals surface area contributed by atoms with E-state index in [1.807, 2.05) is 6.07 Å². The van der Waals surface area contributed by atoms with E-state index in [1.54, 1.807) is 18.2 Å². The minimum absolute atomic E-state index is 0.125. The second kappa shape index (κ2) is 6.53. The molecule has 0 fully saturated rings. The molecule has 5 nitrogen and oxygen atoms in total. The van der Waals surface area contributed by atoms with Crippen LogP contribution in [0, 0.1) is 12.3 Å². The third-order valence-corrected chi connectivity index (χ3v) is 2.90. The van der Waals surface area contributed by atoms with Gasteiger partial charge in [0.2, 0.25) is 5.91 Å². The van der Waals surface area contributed by atoms with E-state index in [1.165, 1.54) is 10.9 Å². The Bertz CT molecular complexity index is 713. The van der Waals surface area contributed by atoms with Gasteiger partial charge >= 0.3 is 0 Å². The van der Waals surface area contributed by atoms with E-state index in [4.69, 9.17) is 6.42 Å². The summed E-state index contributed by atoms with van der Waals surface area (Å²) in [6.07, 6.45) is 7.30. The Labute approximate surface area is 116 Å². The van der Waals surface area contributed by atoms with Gasteiger partial charge in [0.15, 0.2) is 0 Å². The Morgan fingerprint density at radius 3 is 3.00 bits per heavy atom. The first-order valence-corrected chi connectivity index (χ1v) is 6.36. The average molecular weight is 269 g/mol. The van der Waals surface area contributed by atoms with Crippen LogP contribution in [-0.4, -0.2) is 22.0 Å². The third-order valence-electron chi connectivity index (χ3n) is 2.90. The van der Waals surface area contributed by atoms with Crippen LogP contribution in [0.1, 0.15) is 12.8 Å².